The average Bonchev–Trinajstić information content (AvgIpc) is 2.00. The summed E-state index contributed by atoms with van der Waals surface area (Å²) >= 11 is 0. The van der Waals surface area contributed by atoms with Crippen molar-refractivity contribution < 1.29 is 23.0 Å². The van der Waals surface area contributed by atoms with Crippen LogP contribution in [0.3, 0.4) is 0 Å². The molecule has 0 rings (SSSR count). The zero-order chi connectivity index (χ0) is 11.0. The summed E-state index contributed by atoms with van der Waals surface area (Å²) in [4.78, 5) is 0. The first-order valence-electron chi connectivity index (χ1n) is 4.45. The Labute approximate surface area is 81.2 Å². The highest BCUT2D eigenvalue weighted by Gasteiger charge is 2.26. The Hall–Kier alpha value is -0.330. The molecular formula is C8H16F3NO2. The maximum atomic E-state index is 11.6. The van der Waals surface area contributed by atoms with Crippen LogP contribution >= 0.6 is 0 Å². The zero-order valence-electron chi connectivity index (χ0n) is 8.10. The van der Waals surface area contributed by atoms with Crippen LogP contribution in [0.5, 0.6) is 0 Å². The molecule has 0 fully saturated rings. The second-order valence-electron chi connectivity index (χ2n) is 3.07. The number of nitrogens with one attached hydrogen (secondary N) is 1. The fourth-order valence-corrected chi connectivity index (χ4v) is 0.798. The Balaban J connectivity index is 3.07. The summed E-state index contributed by atoms with van der Waals surface area (Å²) in [6.07, 6.45) is -4.18. The first-order valence-corrected chi connectivity index (χ1v) is 4.45. The Kier molecular flexibility index (Phi) is 6.86. The first-order chi connectivity index (χ1) is 6.42. The SMILES string of the molecule is CC(O)CNCCCOCC(F)(F)F. The molecule has 0 aromatic heterocycles. The first kappa shape index (κ1) is 13.7. The van der Waals surface area contributed by atoms with Crippen LogP contribution in [-0.4, -0.2) is 43.7 Å². The minimum absolute atomic E-state index is 0.0757. The summed E-state index contributed by atoms with van der Waals surface area (Å²) < 4.78 is 39.1. The molecule has 1 atom stereocenters. The van der Waals surface area contributed by atoms with E-state index in [0.29, 0.717) is 19.5 Å². The number of alkyl halides is 3. The number of ether oxygens (including phenoxy) is 1. The summed E-state index contributed by atoms with van der Waals surface area (Å²) in [7, 11) is 0. The van der Waals surface area contributed by atoms with Gasteiger partial charge in [-0.2, -0.15) is 13.2 Å². The van der Waals surface area contributed by atoms with Crippen LogP contribution in [0.25, 0.3) is 0 Å². The van der Waals surface area contributed by atoms with Gasteiger partial charge in [0.1, 0.15) is 6.61 Å². The number of hydrogen-bond donors (Lipinski definition) is 2. The molecule has 14 heavy (non-hydrogen) atoms. The molecule has 0 aliphatic heterocycles. The number of aliphatic hydroxyl groups is 1. The molecule has 0 amide bonds. The van der Waals surface area contributed by atoms with Gasteiger partial charge in [0.25, 0.3) is 0 Å². The molecule has 86 valence electrons. The summed E-state index contributed by atoms with van der Waals surface area (Å²) in [5, 5.41) is 11.7. The van der Waals surface area contributed by atoms with Crippen molar-refractivity contribution in [3.63, 3.8) is 0 Å². The van der Waals surface area contributed by atoms with E-state index in [1.807, 2.05) is 0 Å². The summed E-state index contributed by atoms with van der Waals surface area (Å²) in [6.45, 7) is 1.50. The van der Waals surface area contributed by atoms with Gasteiger partial charge in [-0.15, -0.1) is 0 Å². The van der Waals surface area contributed by atoms with Gasteiger partial charge >= 0.3 is 6.18 Å². The van der Waals surface area contributed by atoms with Gasteiger partial charge in [0.15, 0.2) is 0 Å². The fourth-order valence-electron chi connectivity index (χ4n) is 0.798. The van der Waals surface area contributed by atoms with Crippen molar-refractivity contribution in [3.05, 3.63) is 0 Å². The summed E-state index contributed by atoms with van der Waals surface area (Å²) in [6, 6.07) is 0. The predicted molar refractivity (Wildman–Crippen MR) is 46.0 cm³/mol. The quantitative estimate of drug-likeness (QED) is 0.621. The zero-order valence-corrected chi connectivity index (χ0v) is 8.10. The van der Waals surface area contributed by atoms with Gasteiger partial charge in [-0.1, -0.05) is 0 Å². The Morgan fingerprint density at radius 3 is 2.57 bits per heavy atom. The van der Waals surface area contributed by atoms with Crippen LogP contribution in [0.15, 0.2) is 0 Å². The molecule has 0 bridgehead atoms. The third kappa shape index (κ3) is 11.7. The van der Waals surface area contributed by atoms with Crippen molar-refractivity contribution in [1.82, 2.24) is 5.32 Å². The van der Waals surface area contributed by atoms with Crippen LogP contribution in [0, 0.1) is 0 Å². The molecule has 1 unspecified atom stereocenters. The maximum absolute atomic E-state index is 11.6. The molecule has 0 aromatic rings. The van der Waals surface area contributed by atoms with E-state index in [2.05, 4.69) is 10.1 Å². The van der Waals surface area contributed by atoms with E-state index in [1.54, 1.807) is 6.92 Å². The standard InChI is InChI=1S/C8H16F3NO2/c1-7(13)5-12-3-2-4-14-6-8(9,10)11/h7,12-13H,2-6H2,1H3. The Bertz CT molecular complexity index is 139. The van der Waals surface area contributed by atoms with E-state index >= 15 is 0 Å². The largest absolute Gasteiger partial charge is 0.411 e. The maximum Gasteiger partial charge on any atom is 0.411 e. The smallest absolute Gasteiger partial charge is 0.392 e. The molecule has 0 saturated carbocycles. The lowest BCUT2D eigenvalue weighted by Crippen LogP contribution is -2.26. The van der Waals surface area contributed by atoms with Gasteiger partial charge in [-0.3, -0.25) is 0 Å². The number of aliphatic hydroxyl groups excluding tert-OH is 1. The monoisotopic (exact) mass is 215 g/mol. The molecule has 0 radical (unpaired) electrons. The molecule has 0 heterocycles. The van der Waals surface area contributed by atoms with Crippen LogP contribution < -0.4 is 5.32 Å². The van der Waals surface area contributed by atoms with E-state index in [-0.39, 0.29) is 6.61 Å². The van der Waals surface area contributed by atoms with Crippen LogP contribution in [0.1, 0.15) is 13.3 Å². The van der Waals surface area contributed by atoms with Gasteiger partial charge in [-0.05, 0) is 19.9 Å². The van der Waals surface area contributed by atoms with Crippen molar-refractivity contribution in [2.75, 3.05) is 26.3 Å². The van der Waals surface area contributed by atoms with Crippen LogP contribution in [0.4, 0.5) is 13.2 Å². The molecule has 0 spiro atoms. The summed E-state index contributed by atoms with van der Waals surface area (Å²) in [5.74, 6) is 0. The normalized spacial score (nSPS) is 14.4. The van der Waals surface area contributed by atoms with E-state index < -0.39 is 18.9 Å². The third-order valence-corrected chi connectivity index (χ3v) is 1.35. The van der Waals surface area contributed by atoms with Crippen molar-refractivity contribution in [3.8, 4) is 0 Å². The number of hydrogen-bond acceptors (Lipinski definition) is 3. The minimum Gasteiger partial charge on any atom is -0.392 e. The van der Waals surface area contributed by atoms with Gasteiger partial charge < -0.3 is 15.2 Å². The average molecular weight is 215 g/mol. The summed E-state index contributed by atoms with van der Waals surface area (Å²) in [5.41, 5.74) is 0. The highest BCUT2D eigenvalue weighted by molar-refractivity contribution is 4.52. The van der Waals surface area contributed by atoms with Gasteiger partial charge in [-0.25, -0.2) is 0 Å². The molecule has 6 heteroatoms. The third-order valence-electron chi connectivity index (χ3n) is 1.35. The van der Waals surface area contributed by atoms with Crippen LogP contribution in [0.2, 0.25) is 0 Å². The molecule has 0 aromatic carbocycles. The van der Waals surface area contributed by atoms with E-state index in [9.17, 15) is 13.2 Å². The lowest BCUT2D eigenvalue weighted by atomic mass is 10.4. The van der Waals surface area contributed by atoms with Gasteiger partial charge in [0, 0.05) is 13.2 Å². The fraction of sp³-hybridized carbons (Fsp3) is 1.00. The van der Waals surface area contributed by atoms with Crippen molar-refractivity contribution in [2.45, 2.75) is 25.6 Å². The number of halogens is 3. The minimum atomic E-state index is -4.24. The molecular weight excluding hydrogens is 199 g/mol. The highest BCUT2D eigenvalue weighted by atomic mass is 19.4. The second kappa shape index (κ2) is 7.03. The molecule has 3 nitrogen and oxygen atoms in total. The van der Waals surface area contributed by atoms with Crippen molar-refractivity contribution in [2.24, 2.45) is 0 Å². The van der Waals surface area contributed by atoms with E-state index in [4.69, 9.17) is 5.11 Å². The molecule has 0 aliphatic carbocycles. The molecule has 0 saturated heterocycles. The number of rotatable bonds is 7. The molecule has 0 aliphatic rings. The predicted octanol–water partition coefficient (Wildman–Crippen LogP) is 0.926. The second-order valence-corrected chi connectivity index (χ2v) is 3.07. The topological polar surface area (TPSA) is 41.5 Å². The molecule has 2 N–H and O–H groups in total. The van der Waals surface area contributed by atoms with Crippen molar-refractivity contribution in [1.29, 1.82) is 0 Å². The van der Waals surface area contributed by atoms with Crippen LogP contribution in [-0.2, 0) is 4.74 Å². The lowest BCUT2D eigenvalue weighted by Gasteiger charge is -2.08. The van der Waals surface area contributed by atoms with Crippen molar-refractivity contribution >= 4 is 0 Å². The Morgan fingerprint density at radius 1 is 1.43 bits per heavy atom. The van der Waals surface area contributed by atoms with E-state index in [1.165, 1.54) is 0 Å². The lowest BCUT2D eigenvalue weighted by molar-refractivity contribution is -0.173. The highest BCUT2D eigenvalue weighted by Crippen LogP contribution is 2.14. The van der Waals surface area contributed by atoms with Gasteiger partial charge in [0.2, 0.25) is 0 Å². The Morgan fingerprint density at radius 2 is 2.07 bits per heavy atom. The van der Waals surface area contributed by atoms with E-state index in [0.717, 1.165) is 0 Å². The van der Waals surface area contributed by atoms with Gasteiger partial charge in [0.05, 0.1) is 6.10 Å².